The first kappa shape index (κ1) is 22.4. The van der Waals surface area contributed by atoms with Crippen molar-refractivity contribution in [2.75, 3.05) is 34.4 Å². The first-order valence-electron chi connectivity index (χ1n) is 9.45. The van der Waals surface area contributed by atoms with E-state index in [0.717, 1.165) is 11.3 Å². The van der Waals surface area contributed by atoms with E-state index in [1.165, 1.54) is 0 Å². The van der Waals surface area contributed by atoms with Crippen LogP contribution in [0.15, 0.2) is 33.7 Å². The van der Waals surface area contributed by atoms with Gasteiger partial charge in [0.2, 0.25) is 0 Å². The first-order chi connectivity index (χ1) is 13.8. The summed E-state index contributed by atoms with van der Waals surface area (Å²) in [4.78, 5) is 4.61. The van der Waals surface area contributed by atoms with Crippen molar-refractivity contribution < 1.29 is 23.7 Å². The SMILES string of the molecule is CCNC(=NCc1c(OC)cc(OC)cc1OC)NCC(C)(O)c1ccc(C)o1. The standard InChI is InChI=1S/C21H31N3O5/c1-7-22-20(24-13-21(3,25)19-9-8-14(2)29-19)23-12-16-17(27-5)10-15(26-4)11-18(16)28-6/h8-11,25H,7,12-13H2,1-6H3,(H2,22,23,24). The monoisotopic (exact) mass is 405 g/mol. The number of nitrogens with one attached hydrogen (secondary N) is 2. The van der Waals surface area contributed by atoms with Crippen LogP contribution < -0.4 is 24.8 Å². The predicted octanol–water partition coefficient (Wildman–Crippen LogP) is 2.58. The summed E-state index contributed by atoms with van der Waals surface area (Å²) in [6, 6.07) is 7.18. The molecule has 0 bridgehead atoms. The molecule has 0 saturated heterocycles. The molecule has 2 aromatic rings. The van der Waals surface area contributed by atoms with E-state index in [2.05, 4.69) is 15.6 Å². The molecule has 8 nitrogen and oxygen atoms in total. The number of methoxy groups -OCH3 is 3. The zero-order valence-electron chi connectivity index (χ0n) is 18.0. The number of hydrogen-bond acceptors (Lipinski definition) is 6. The van der Waals surface area contributed by atoms with Crippen molar-refractivity contribution >= 4 is 5.96 Å². The van der Waals surface area contributed by atoms with Crippen LogP contribution in [0.3, 0.4) is 0 Å². The molecule has 0 aliphatic rings. The number of aliphatic imine (C=N–C) groups is 1. The molecule has 8 heteroatoms. The van der Waals surface area contributed by atoms with Gasteiger partial charge in [0.25, 0.3) is 0 Å². The van der Waals surface area contributed by atoms with E-state index < -0.39 is 5.60 Å². The van der Waals surface area contributed by atoms with Crippen molar-refractivity contribution in [2.24, 2.45) is 4.99 Å². The second-order valence-corrected chi connectivity index (χ2v) is 6.74. The Morgan fingerprint density at radius 2 is 1.76 bits per heavy atom. The van der Waals surface area contributed by atoms with Gasteiger partial charge < -0.3 is 34.4 Å². The number of benzene rings is 1. The average molecular weight is 405 g/mol. The number of furan rings is 1. The molecule has 0 aliphatic carbocycles. The molecule has 1 unspecified atom stereocenters. The lowest BCUT2D eigenvalue weighted by Crippen LogP contribution is -2.44. The second-order valence-electron chi connectivity index (χ2n) is 6.74. The zero-order valence-corrected chi connectivity index (χ0v) is 18.0. The average Bonchev–Trinajstić information content (AvgIpc) is 3.16. The summed E-state index contributed by atoms with van der Waals surface area (Å²) >= 11 is 0. The maximum atomic E-state index is 10.7. The number of aryl methyl sites for hydroxylation is 1. The number of ether oxygens (including phenoxy) is 3. The van der Waals surface area contributed by atoms with Crippen LogP contribution in [-0.2, 0) is 12.1 Å². The Kier molecular flexibility index (Phi) is 7.78. The Hall–Kier alpha value is -2.87. The van der Waals surface area contributed by atoms with E-state index in [1.807, 2.05) is 19.9 Å². The topological polar surface area (TPSA) is 97.5 Å². The van der Waals surface area contributed by atoms with Crippen LogP contribution in [0.5, 0.6) is 17.2 Å². The minimum absolute atomic E-state index is 0.225. The van der Waals surface area contributed by atoms with Crippen molar-refractivity contribution in [1.82, 2.24) is 10.6 Å². The van der Waals surface area contributed by atoms with Crippen molar-refractivity contribution in [3.05, 3.63) is 41.3 Å². The van der Waals surface area contributed by atoms with Gasteiger partial charge >= 0.3 is 0 Å². The van der Waals surface area contributed by atoms with Crippen molar-refractivity contribution in [3.63, 3.8) is 0 Å². The lowest BCUT2D eigenvalue weighted by atomic mass is 10.0. The van der Waals surface area contributed by atoms with Crippen LogP contribution >= 0.6 is 0 Å². The van der Waals surface area contributed by atoms with Crippen LogP contribution in [0.2, 0.25) is 0 Å². The van der Waals surface area contributed by atoms with Gasteiger partial charge in [0.05, 0.1) is 40.0 Å². The summed E-state index contributed by atoms with van der Waals surface area (Å²) in [5, 5.41) is 17.1. The van der Waals surface area contributed by atoms with Crippen LogP contribution in [0, 0.1) is 6.92 Å². The summed E-state index contributed by atoms with van der Waals surface area (Å²) < 4.78 is 21.8. The minimum atomic E-state index is -1.18. The predicted molar refractivity (Wildman–Crippen MR) is 112 cm³/mol. The van der Waals surface area contributed by atoms with E-state index in [0.29, 0.717) is 42.1 Å². The van der Waals surface area contributed by atoms with Crippen LogP contribution in [-0.4, -0.2) is 45.5 Å². The van der Waals surface area contributed by atoms with Crippen molar-refractivity contribution in [3.8, 4) is 17.2 Å². The molecule has 0 spiro atoms. The van der Waals surface area contributed by atoms with E-state index in [9.17, 15) is 5.11 Å². The van der Waals surface area contributed by atoms with Gasteiger partial charge in [0.1, 0.15) is 34.4 Å². The lowest BCUT2D eigenvalue weighted by Gasteiger charge is -2.23. The highest BCUT2D eigenvalue weighted by molar-refractivity contribution is 5.80. The van der Waals surface area contributed by atoms with Gasteiger partial charge in [-0.05, 0) is 32.9 Å². The Balaban J connectivity index is 2.19. The lowest BCUT2D eigenvalue weighted by molar-refractivity contribution is 0.0378. The number of hydrogen-bond donors (Lipinski definition) is 3. The minimum Gasteiger partial charge on any atom is -0.496 e. The van der Waals surface area contributed by atoms with Gasteiger partial charge in [-0.25, -0.2) is 4.99 Å². The number of guanidine groups is 1. The Morgan fingerprint density at radius 3 is 2.24 bits per heavy atom. The van der Waals surface area contributed by atoms with E-state index in [4.69, 9.17) is 18.6 Å². The van der Waals surface area contributed by atoms with Crippen molar-refractivity contribution in [1.29, 1.82) is 0 Å². The third-order valence-electron chi connectivity index (χ3n) is 4.43. The highest BCUT2D eigenvalue weighted by Gasteiger charge is 2.27. The molecule has 160 valence electrons. The Labute approximate surface area is 171 Å². The summed E-state index contributed by atoms with van der Waals surface area (Å²) in [6.45, 7) is 6.71. The van der Waals surface area contributed by atoms with Gasteiger partial charge in [-0.15, -0.1) is 0 Å². The number of aliphatic hydroxyl groups is 1. The molecule has 1 atom stereocenters. The maximum Gasteiger partial charge on any atom is 0.191 e. The fraction of sp³-hybridized carbons (Fsp3) is 0.476. The third-order valence-corrected chi connectivity index (χ3v) is 4.43. The Morgan fingerprint density at radius 1 is 1.10 bits per heavy atom. The van der Waals surface area contributed by atoms with Gasteiger partial charge in [-0.2, -0.15) is 0 Å². The zero-order chi connectivity index (χ0) is 21.4. The second kappa shape index (κ2) is 10.1. The number of rotatable bonds is 9. The quantitative estimate of drug-likeness (QED) is 0.436. The molecule has 0 amide bonds. The summed E-state index contributed by atoms with van der Waals surface area (Å²) in [5.41, 5.74) is -0.388. The van der Waals surface area contributed by atoms with E-state index >= 15 is 0 Å². The van der Waals surface area contributed by atoms with Crippen molar-refractivity contribution in [2.45, 2.75) is 32.9 Å². The van der Waals surface area contributed by atoms with E-state index in [1.54, 1.807) is 46.5 Å². The van der Waals surface area contributed by atoms with E-state index in [-0.39, 0.29) is 6.54 Å². The summed E-state index contributed by atoms with van der Waals surface area (Å²) in [5.74, 6) is 3.69. The summed E-state index contributed by atoms with van der Waals surface area (Å²) in [6.07, 6.45) is 0. The maximum absolute atomic E-state index is 10.7. The molecule has 1 aromatic heterocycles. The molecular weight excluding hydrogens is 374 g/mol. The highest BCUT2D eigenvalue weighted by atomic mass is 16.5. The fourth-order valence-electron chi connectivity index (χ4n) is 2.80. The molecule has 3 N–H and O–H groups in total. The molecule has 2 rings (SSSR count). The van der Waals surface area contributed by atoms with Gasteiger partial charge in [0.15, 0.2) is 5.96 Å². The molecular formula is C21H31N3O5. The molecule has 0 fully saturated rings. The normalized spacial score (nSPS) is 13.6. The van der Waals surface area contributed by atoms with Gasteiger partial charge in [0, 0.05) is 18.7 Å². The summed E-state index contributed by atoms with van der Waals surface area (Å²) in [7, 11) is 4.77. The van der Waals surface area contributed by atoms with Gasteiger partial charge in [-0.3, -0.25) is 0 Å². The molecule has 29 heavy (non-hydrogen) atoms. The number of nitrogens with zero attached hydrogens (tertiary/aromatic N) is 1. The van der Waals surface area contributed by atoms with Crippen LogP contribution in [0.4, 0.5) is 0 Å². The highest BCUT2D eigenvalue weighted by Crippen LogP contribution is 2.34. The molecule has 1 aromatic carbocycles. The fourth-order valence-corrected chi connectivity index (χ4v) is 2.80. The van der Waals surface area contributed by atoms with Gasteiger partial charge in [-0.1, -0.05) is 0 Å². The molecule has 0 aliphatic heterocycles. The van der Waals surface area contributed by atoms with Crippen LogP contribution in [0.1, 0.15) is 30.9 Å². The molecule has 0 saturated carbocycles. The first-order valence-corrected chi connectivity index (χ1v) is 9.45. The third kappa shape index (κ3) is 5.80. The molecule has 0 radical (unpaired) electrons. The Bertz CT molecular complexity index is 804. The largest absolute Gasteiger partial charge is 0.496 e. The van der Waals surface area contributed by atoms with Crippen LogP contribution in [0.25, 0.3) is 0 Å². The molecule has 1 heterocycles. The smallest absolute Gasteiger partial charge is 0.191 e.